The first-order chi connectivity index (χ1) is 8.28. The zero-order chi connectivity index (χ0) is 11.8. The largest absolute Gasteiger partial charge is 0.396 e. The van der Waals surface area contributed by atoms with Crippen molar-refractivity contribution in [2.24, 2.45) is 17.8 Å². The van der Waals surface area contributed by atoms with Gasteiger partial charge in [0.05, 0.1) is 17.9 Å². The Morgan fingerprint density at radius 3 is 3.06 bits per heavy atom. The van der Waals surface area contributed by atoms with Gasteiger partial charge in [0.15, 0.2) is 5.82 Å². The van der Waals surface area contributed by atoms with Crippen LogP contribution in [0.3, 0.4) is 0 Å². The summed E-state index contributed by atoms with van der Waals surface area (Å²) in [6.45, 7) is 0.233. The van der Waals surface area contributed by atoms with E-state index in [0.29, 0.717) is 23.6 Å². The van der Waals surface area contributed by atoms with Crippen LogP contribution in [0.5, 0.6) is 0 Å². The number of nitrogens with one attached hydrogen (secondary N) is 2. The van der Waals surface area contributed by atoms with Gasteiger partial charge in [-0.2, -0.15) is 8.75 Å². The van der Waals surface area contributed by atoms with E-state index in [0.717, 1.165) is 24.6 Å². The lowest BCUT2D eigenvalue weighted by atomic mass is 10.0. The zero-order valence-corrected chi connectivity index (χ0v) is 9.98. The molecule has 3 N–H and O–H groups in total. The first-order valence-corrected chi connectivity index (χ1v) is 6.47. The van der Waals surface area contributed by atoms with Gasteiger partial charge in [-0.25, -0.2) is 4.79 Å². The number of nitrogens with zero attached hydrogens (tertiary/aromatic N) is 2. The van der Waals surface area contributed by atoms with Crippen LogP contribution >= 0.6 is 11.7 Å². The Hall–Kier alpha value is -1.21. The van der Waals surface area contributed by atoms with E-state index >= 15 is 0 Å². The molecule has 3 rings (SSSR count). The summed E-state index contributed by atoms with van der Waals surface area (Å²) in [4.78, 5) is 11.7. The molecule has 0 spiro atoms. The van der Waals surface area contributed by atoms with E-state index in [1.807, 2.05) is 0 Å². The van der Waals surface area contributed by atoms with Crippen molar-refractivity contribution in [3.63, 3.8) is 0 Å². The molecule has 0 aromatic carbocycles. The SMILES string of the molecule is O=C(Nc1cnsn1)N[C@H]1C[C@@H](CO)[C@@H]2C[C@@H]21. The molecular formula is C10H14N4O2S. The Labute approximate surface area is 103 Å². The Morgan fingerprint density at radius 2 is 2.41 bits per heavy atom. The number of hydrogen-bond donors (Lipinski definition) is 3. The van der Waals surface area contributed by atoms with E-state index in [2.05, 4.69) is 19.4 Å². The fourth-order valence-electron chi connectivity index (χ4n) is 2.83. The van der Waals surface area contributed by atoms with Gasteiger partial charge in [-0.05, 0) is 30.6 Å². The molecule has 0 saturated heterocycles. The number of aromatic nitrogens is 2. The molecule has 0 bridgehead atoms. The lowest BCUT2D eigenvalue weighted by molar-refractivity contribution is 0.209. The number of anilines is 1. The van der Waals surface area contributed by atoms with Gasteiger partial charge < -0.3 is 10.4 Å². The number of fused-ring (bicyclic) bond motifs is 1. The van der Waals surface area contributed by atoms with E-state index in [4.69, 9.17) is 0 Å². The van der Waals surface area contributed by atoms with Gasteiger partial charge in [0.1, 0.15) is 0 Å². The van der Waals surface area contributed by atoms with Crippen molar-refractivity contribution in [1.82, 2.24) is 14.1 Å². The van der Waals surface area contributed by atoms with Gasteiger partial charge in [0.25, 0.3) is 0 Å². The van der Waals surface area contributed by atoms with Gasteiger partial charge in [-0.1, -0.05) is 0 Å². The number of urea groups is 1. The molecule has 92 valence electrons. The van der Waals surface area contributed by atoms with Crippen molar-refractivity contribution in [2.45, 2.75) is 18.9 Å². The van der Waals surface area contributed by atoms with E-state index in [-0.39, 0.29) is 18.7 Å². The van der Waals surface area contributed by atoms with Crippen molar-refractivity contribution in [2.75, 3.05) is 11.9 Å². The van der Waals surface area contributed by atoms with Crippen molar-refractivity contribution < 1.29 is 9.90 Å². The molecule has 1 heterocycles. The summed E-state index contributed by atoms with van der Waals surface area (Å²) >= 11 is 1.06. The van der Waals surface area contributed by atoms with Crippen LogP contribution in [-0.2, 0) is 0 Å². The highest BCUT2D eigenvalue weighted by molar-refractivity contribution is 6.99. The minimum absolute atomic E-state index is 0.198. The maximum Gasteiger partial charge on any atom is 0.320 e. The van der Waals surface area contributed by atoms with Crippen LogP contribution in [-0.4, -0.2) is 32.5 Å². The van der Waals surface area contributed by atoms with Gasteiger partial charge >= 0.3 is 6.03 Å². The monoisotopic (exact) mass is 254 g/mol. The Morgan fingerprint density at radius 1 is 1.53 bits per heavy atom. The van der Waals surface area contributed by atoms with Crippen molar-refractivity contribution in [1.29, 1.82) is 0 Å². The molecule has 6 nitrogen and oxygen atoms in total. The molecule has 0 radical (unpaired) electrons. The maximum atomic E-state index is 11.7. The lowest BCUT2D eigenvalue weighted by Crippen LogP contribution is -2.38. The molecule has 17 heavy (non-hydrogen) atoms. The number of rotatable bonds is 3. The molecule has 2 saturated carbocycles. The Balaban J connectivity index is 1.52. The Kier molecular flexibility index (Phi) is 2.71. The summed E-state index contributed by atoms with van der Waals surface area (Å²) in [6.07, 6.45) is 3.54. The number of carbonyl (C=O) groups is 1. The fourth-order valence-corrected chi connectivity index (χ4v) is 3.21. The highest BCUT2D eigenvalue weighted by atomic mass is 32.1. The molecule has 1 aromatic heterocycles. The normalized spacial score (nSPS) is 34.2. The first-order valence-electron chi connectivity index (χ1n) is 5.74. The first kappa shape index (κ1) is 10.9. The van der Waals surface area contributed by atoms with E-state index in [9.17, 15) is 9.90 Å². The lowest BCUT2D eigenvalue weighted by Gasteiger charge is -2.16. The summed E-state index contributed by atoms with van der Waals surface area (Å²) in [5, 5.41) is 14.8. The van der Waals surface area contributed by atoms with E-state index < -0.39 is 0 Å². The van der Waals surface area contributed by atoms with Crippen LogP contribution in [0.25, 0.3) is 0 Å². The molecule has 4 atom stereocenters. The third-order valence-electron chi connectivity index (χ3n) is 3.72. The van der Waals surface area contributed by atoms with Crippen LogP contribution in [0.15, 0.2) is 6.20 Å². The second-order valence-electron chi connectivity index (χ2n) is 4.74. The van der Waals surface area contributed by atoms with Gasteiger partial charge in [-0.3, -0.25) is 5.32 Å². The molecule has 2 amide bonds. The number of amides is 2. The van der Waals surface area contributed by atoms with Crippen LogP contribution < -0.4 is 10.6 Å². The van der Waals surface area contributed by atoms with E-state index in [1.165, 1.54) is 6.20 Å². The average molecular weight is 254 g/mol. The van der Waals surface area contributed by atoms with Crippen LogP contribution in [0.1, 0.15) is 12.8 Å². The predicted molar refractivity (Wildman–Crippen MR) is 62.6 cm³/mol. The minimum Gasteiger partial charge on any atom is -0.396 e. The molecule has 2 aliphatic carbocycles. The third-order valence-corrected chi connectivity index (χ3v) is 4.20. The van der Waals surface area contributed by atoms with Crippen molar-refractivity contribution in [3.05, 3.63) is 6.20 Å². The predicted octanol–water partition coefficient (Wildman–Crippen LogP) is 0.676. The van der Waals surface area contributed by atoms with Crippen molar-refractivity contribution >= 4 is 23.6 Å². The molecule has 2 fully saturated rings. The quantitative estimate of drug-likeness (QED) is 0.740. The smallest absolute Gasteiger partial charge is 0.320 e. The van der Waals surface area contributed by atoms with Crippen LogP contribution in [0.4, 0.5) is 10.6 Å². The second-order valence-corrected chi connectivity index (χ2v) is 5.30. The third kappa shape index (κ3) is 2.12. The van der Waals surface area contributed by atoms with Crippen molar-refractivity contribution in [3.8, 4) is 0 Å². The summed E-state index contributed by atoms with van der Waals surface area (Å²) in [7, 11) is 0. The van der Waals surface area contributed by atoms with Crippen LogP contribution in [0.2, 0.25) is 0 Å². The highest BCUT2D eigenvalue weighted by Crippen LogP contribution is 2.55. The number of carbonyl (C=O) groups excluding carboxylic acids is 1. The summed E-state index contributed by atoms with van der Waals surface area (Å²) in [5.41, 5.74) is 0. The molecule has 7 heteroatoms. The maximum absolute atomic E-state index is 11.7. The number of aliphatic hydroxyl groups excluding tert-OH is 1. The number of hydrogen-bond acceptors (Lipinski definition) is 5. The minimum atomic E-state index is -0.230. The standard InChI is InChI=1S/C10H14N4O2S/c15-4-5-1-8(7-2-6(5)7)12-10(16)13-9-3-11-17-14-9/h3,5-8,15H,1-2,4H2,(H2,12,13,14,16)/t5-,6-,7-,8-/m0/s1. The molecule has 2 aliphatic rings. The van der Waals surface area contributed by atoms with Gasteiger partial charge in [0.2, 0.25) is 0 Å². The fraction of sp³-hybridized carbons (Fsp3) is 0.700. The van der Waals surface area contributed by atoms with Gasteiger partial charge in [0, 0.05) is 12.6 Å². The van der Waals surface area contributed by atoms with Gasteiger partial charge in [-0.15, -0.1) is 0 Å². The molecule has 1 aromatic rings. The molecular weight excluding hydrogens is 240 g/mol. The second kappa shape index (κ2) is 4.23. The highest BCUT2D eigenvalue weighted by Gasteiger charge is 2.54. The number of aliphatic hydroxyl groups is 1. The zero-order valence-electron chi connectivity index (χ0n) is 9.17. The molecule has 0 unspecified atom stereocenters. The van der Waals surface area contributed by atoms with E-state index in [1.54, 1.807) is 0 Å². The Bertz CT molecular complexity index is 410. The molecule has 0 aliphatic heterocycles. The summed E-state index contributed by atoms with van der Waals surface area (Å²) < 4.78 is 7.72. The summed E-state index contributed by atoms with van der Waals surface area (Å²) in [5.74, 6) is 2.03. The average Bonchev–Trinajstić information content (AvgIpc) is 2.80. The topological polar surface area (TPSA) is 87.1 Å². The summed E-state index contributed by atoms with van der Waals surface area (Å²) in [6, 6.07) is -0.0318. The van der Waals surface area contributed by atoms with Crippen LogP contribution in [0, 0.1) is 17.8 Å².